The highest BCUT2D eigenvalue weighted by Crippen LogP contribution is 2.19. The van der Waals surface area contributed by atoms with Gasteiger partial charge in [0.05, 0.1) is 0 Å². The van der Waals surface area contributed by atoms with Crippen molar-refractivity contribution in [3.63, 3.8) is 0 Å². The number of halogens is 2. The van der Waals surface area contributed by atoms with Crippen molar-refractivity contribution in [2.24, 2.45) is 11.7 Å². The molecule has 0 aromatic heterocycles. The first-order valence-corrected chi connectivity index (χ1v) is 8.07. The summed E-state index contributed by atoms with van der Waals surface area (Å²) in [6, 6.07) is 8.14. The van der Waals surface area contributed by atoms with Gasteiger partial charge in [-0.15, -0.1) is 24.8 Å². The smallest absolute Gasteiger partial charge is 0.253 e. The van der Waals surface area contributed by atoms with Crippen LogP contribution in [-0.4, -0.2) is 48.4 Å². The number of likely N-dealkylation sites (tertiary alicyclic amines) is 2. The van der Waals surface area contributed by atoms with Crippen molar-refractivity contribution in [1.82, 2.24) is 9.80 Å². The zero-order valence-electron chi connectivity index (χ0n) is 13.4. The van der Waals surface area contributed by atoms with Crippen LogP contribution in [-0.2, 0) is 6.54 Å². The Bertz CT molecular complexity index is 506. The van der Waals surface area contributed by atoms with Crippen LogP contribution in [0.5, 0.6) is 0 Å². The lowest BCUT2D eigenvalue weighted by atomic mass is 10.1. The van der Waals surface area contributed by atoms with Gasteiger partial charge in [0.25, 0.3) is 5.91 Å². The molecular formula is C17H27Cl2N3O. The minimum atomic E-state index is 0. The lowest BCUT2D eigenvalue weighted by Crippen LogP contribution is -2.30. The van der Waals surface area contributed by atoms with Crippen molar-refractivity contribution in [3.8, 4) is 0 Å². The maximum absolute atomic E-state index is 12.6. The predicted octanol–water partition coefficient (Wildman–Crippen LogP) is 2.55. The van der Waals surface area contributed by atoms with Gasteiger partial charge in [0, 0.05) is 25.2 Å². The number of amides is 1. The van der Waals surface area contributed by atoms with Crippen LogP contribution < -0.4 is 5.73 Å². The Kier molecular flexibility index (Phi) is 8.34. The third-order valence-corrected chi connectivity index (χ3v) is 4.69. The Balaban J connectivity index is 0.00000132. The molecule has 1 amide bonds. The highest BCUT2D eigenvalue weighted by Gasteiger charge is 2.26. The van der Waals surface area contributed by atoms with Crippen LogP contribution in [0.3, 0.4) is 0 Å². The lowest BCUT2D eigenvalue weighted by Gasteiger charge is -2.18. The topological polar surface area (TPSA) is 49.6 Å². The molecule has 1 atom stereocenters. The second-order valence-electron chi connectivity index (χ2n) is 6.33. The Morgan fingerprint density at radius 2 is 1.91 bits per heavy atom. The maximum Gasteiger partial charge on any atom is 0.253 e. The quantitative estimate of drug-likeness (QED) is 0.898. The standard InChI is InChI=1S/C17H25N3O.2ClH/c18-11-15-6-9-20(13-15)17(21)16-5-3-4-14(10-16)12-19-7-1-2-8-19;;/h3-5,10,15H,1-2,6-9,11-13,18H2;2*1H. The normalized spacial score (nSPS) is 20.9. The fourth-order valence-corrected chi connectivity index (χ4v) is 3.39. The van der Waals surface area contributed by atoms with E-state index in [1.807, 2.05) is 17.0 Å². The SMILES string of the molecule is Cl.Cl.NCC1CCN(C(=O)c2cccc(CN3CCCC3)c2)C1. The van der Waals surface area contributed by atoms with Crippen LogP contribution in [0.4, 0.5) is 0 Å². The van der Waals surface area contributed by atoms with E-state index in [-0.39, 0.29) is 30.7 Å². The summed E-state index contributed by atoms with van der Waals surface area (Å²) >= 11 is 0. The molecule has 23 heavy (non-hydrogen) atoms. The predicted molar refractivity (Wildman–Crippen MR) is 98.5 cm³/mol. The van der Waals surface area contributed by atoms with Crippen LogP contribution in [0.1, 0.15) is 35.2 Å². The Morgan fingerprint density at radius 3 is 2.57 bits per heavy atom. The van der Waals surface area contributed by atoms with Crippen molar-refractivity contribution < 1.29 is 4.79 Å². The number of rotatable bonds is 4. The average Bonchev–Trinajstić information content (AvgIpc) is 3.17. The van der Waals surface area contributed by atoms with Crippen molar-refractivity contribution in [3.05, 3.63) is 35.4 Å². The van der Waals surface area contributed by atoms with Gasteiger partial charge in [0.1, 0.15) is 0 Å². The first-order valence-electron chi connectivity index (χ1n) is 8.07. The van der Waals surface area contributed by atoms with Crippen molar-refractivity contribution in [2.45, 2.75) is 25.8 Å². The molecule has 3 rings (SSSR count). The number of carbonyl (C=O) groups excluding carboxylic acids is 1. The van der Waals surface area contributed by atoms with E-state index in [2.05, 4.69) is 17.0 Å². The molecule has 4 nitrogen and oxygen atoms in total. The van der Waals surface area contributed by atoms with Gasteiger partial charge in [-0.1, -0.05) is 12.1 Å². The summed E-state index contributed by atoms with van der Waals surface area (Å²) in [6.07, 6.45) is 3.63. The van der Waals surface area contributed by atoms with Gasteiger partial charge in [-0.3, -0.25) is 9.69 Å². The molecule has 1 unspecified atom stereocenters. The number of carbonyl (C=O) groups is 1. The van der Waals surface area contributed by atoms with Gasteiger partial charge in [0.2, 0.25) is 0 Å². The molecule has 2 N–H and O–H groups in total. The van der Waals surface area contributed by atoms with Gasteiger partial charge in [0.15, 0.2) is 0 Å². The summed E-state index contributed by atoms with van der Waals surface area (Å²) in [5.74, 6) is 0.635. The summed E-state index contributed by atoms with van der Waals surface area (Å²) in [6.45, 7) is 5.67. The van der Waals surface area contributed by atoms with E-state index < -0.39 is 0 Å². The largest absolute Gasteiger partial charge is 0.338 e. The Hall–Kier alpha value is -0.810. The molecule has 0 radical (unpaired) electrons. The third kappa shape index (κ3) is 5.08. The van der Waals surface area contributed by atoms with E-state index in [1.165, 1.54) is 31.5 Å². The number of hydrogen-bond acceptors (Lipinski definition) is 3. The molecule has 0 aliphatic carbocycles. The molecule has 2 heterocycles. The summed E-state index contributed by atoms with van der Waals surface area (Å²) in [4.78, 5) is 17.0. The molecule has 130 valence electrons. The first-order chi connectivity index (χ1) is 10.3. The van der Waals surface area contributed by atoms with E-state index >= 15 is 0 Å². The summed E-state index contributed by atoms with van der Waals surface area (Å²) in [5.41, 5.74) is 7.78. The highest BCUT2D eigenvalue weighted by atomic mass is 35.5. The van der Waals surface area contributed by atoms with E-state index in [1.54, 1.807) is 0 Å². The fourth-order valence-electron chi connectivity index (χ4n) is 3.39. The molecule has 0 bridgehead atoms. The third-order valence-electron chi connectivity index (χ3n) is 4.69. The van der Waals surface area contributed by atoms with E-state index in [0.717, 1.165) is 31.6 Å². The van der Waals surface area contributed by atoms with Gasteiger partial charge in [-0.25, -0.2) is 0 Å². The zero-order valence-corrected chi connectivity index (χ0v) is 15.1. The lowest BCUT2D eigenvalue weighted by molar-refractivity contribution is 0.0787. The number of hydrogen-bond donors (Lipinski definition) is 1. The molecule has 2 saturated heterocycles. The number of nitrogens with two attached hydrogens (primary N) is 1. The fraction of sp³-hybridized carbons (Fsp3) is 0.588. The van der Waals surface area contributed by atoms with Gasteiger partial charge < -0.3 is 10.6 Å². The molecule has 2 fully saturated rings. The molecule has 1 aromatic carbocycles. The van der Waals surface area contributed by atoms with Crippen LogP contribution in [0.2, 0.25) is 0 Å². The molecule has 0 spiro atoms. The van der Waals surface area contributed by atoms with Crippen molar-refractivity contribution in [1.29, 1.82) is 0 Å². The average molecular weight is 360 g/mol. The van der Waals surface area contributed by atoms with E-state index in [0.29, 0.717) is 12.5 Å². The Morgan fingerprint density at radius 1 is 1.17 bits per heavy atom. The monoisotopic (exact) mass is 359 g/mol. The van der Waals surface area contributed by atoms with E-state index in [4.69, 9.17) is 5.73 Å². The van der Waals surface area contributed by atoms with Crippen LogP contribution in [0, 0.1) is 5.92 Å². The van der Waals surface area contributed by atoms with Crippen LogP contribution in [0.15, 0.2) is 24.3 Å². The molecule has 2 aliphatic rings. The molecule has 0 saturated carbocycles. The summed E-state index contributed by atoms with van der Waals surface area (Å²) < 4.78 is 0. The molecule has 2 aliphatic heterocycles. The van der Waals surface area contributed by atoms with Gasteiger partial charge in [-0.05, 0) is 62.5 Å². The van der Waals surface area contributed by atoms with Crippen molar-refractivity contribution in [2.75, 3.05) is 32.7 Å². The second kappa shape index (κ2) is 9.48. The van der Waals surface area contributed by atoms with Gasteiger partial charge >= 0.3 is 0 Å². The number of nitrogens with zero attached hydrogens (tertiary/aromatic N) is 2. The van der Waals surface area contributed by atoms with Crippen molar-refractivity contribution >= 4 is 30.7 Å². The highest BCUT2D eigenvalue weighted by molar-refractivity contribution is 5.94. The molecule has 6 heteroatoms. The van der Waals surface area contributed by atoms with Crippen LogP contribution >= 0.6 is 24.8 Å². The Labute approximate surface area is 151 Å². The van der Waals surface area contributed by atoms with Gasteiger partial charge in [-0.2, -0.15) is 0 Å². The minimum Gasteiger partial charge on any atom is -0.338 e. The van der Waals surface area contributed by atoms with E-state index in [9.17, 15) is 4.79 Å². The number of benzene rings is 1. The molecular weight excluding hydrogens is 333 g/mol. The van der Waals surface area contributed by atoms with Crippen LogP contribution in [0.25, 0.3) is 0 Å². The summed E-state index contributed by atoms with van der Waals surface area (Å²) in [5, 5.41) is 0. The minimum absolute atomic E-state index is 0. The zero-order chi connectivity index (χ0) is 14.7. The maximum atomic E-state index is 12.6. The summed E-state index contributed by atoms with van der Waals surface area (Å²) in [7, 11) is 0. The first kappa shape index (κ1) is 20.2. The molecule has 1 aromatic rings. The second-order valence-corrected chi connectivity index (χ2v) is 6.33.